The number of nitrogen functional groups attached to an aromatic ring is 1. The molecule has 8 nitrogen and oxygen atoms in total. The average Bonchev–Trinajstić information content (AvgIpc) is 3.27. The van der Waals surface area contributed by atoms with Crippen LogP contribution in [0, 0.1) is 9.65 Å². The number of nitrogens with zero attached hydrogens (tertiary/aromatic N) is 4. The SMILES string of the molecule is CNS(=O)(=O)CCCn1c(Cc2cc3c(cc2I)CCC3)nc2c(N)nc(F)nc21. The highest BCUT2D eigenvalue weighted by Gasteiger charge is 2.20. The average molecular weight is 544 g/mol. The van der Waals surface area contributed by atoms with Crippen LogP contribution < -0.4 is 10.5 Å². The summed E-state index contributed by atoms with van der Waals surface area (Å²) in [5.74, 6) is 0.584. The maximum absolute atomic E-state index is 13.8. The van der Waals surface area contributed by atoms with Gasteiger partial charge in [-0.15, -0.1) is 0 Å². The fraction of sp³-hybridized carbons (Fsp3) is 0.421. The van der Waals surface area contributed by atoms with Crippen LogP contribution in [0.2, 0.25) is 0 Å². The summed E-state index contributed by atoms with van der Waals surface area (Å²) in [6.07, 6.45) is 3.26. The van der Waals surface area contributed by atoms with Gasteiger partial charge in [-0.2, -0.15) is 14.4 Å². The summed E-state index contributed by atoms with van der Waals surface area (Å²) in [5.41, 5.74) is 10.4. The minimum absolute atomic E-state index is 0.0241. The third kappa shape index (κ3) is 4.28. The lowest BCUT2D eigenvalue weighted by Gasteiger charge is -2.11. The predicted octanol–water partition coefficient (Wildman–Crippen LogP) is 2.17. The fourth-order valence-corrected chi connectivity index (χ4v) is 5.31. The molecule has 0 saturated heterocycles. The van der Waals surface area contributed by atoms with Gasteiger partial charge in [-0.05, 0) is 78.1 Å². The van der Waals surface area contributed by atoms with Crippen LogP contribution in [0.15, 0.2) is 12.1 Å². The number of anilines is 1. The van der Waals surface area contributed by atoms with Crippen molar-refractivity contribution in [3.8, 4) is 0 Å². The van der Waals surface area contributed by atoms with E-state index in [2.05, 4.69) is 54.4 Å². The lowest BCUT2D eigenvalue weighted by atomic mass is 10.0. The first kappa shape index (κ1) is 21.4. The second-order valence-corrected chi connectivity index (χ2v) is 10.6. The Morgan fingerprint density at radius 2 is 1.97 bits per heavy atom. The smallest absolute Gasteiger partial charge is 0.312 e. The molecule has 0 aliphatic heterocycles. The molecule has 0 amide bonds. The van der Waals surface area contributed by atoms with Crippen molar-refractivity contribution in [1.29, 1.82) is 0 Å². The summed E-state index contributed by atoms with van der Waals surface area (Å²) in [5, 5.41) is 0. The molecule has 2 aromatic heterocycles. The summed E-state index contributed by atoms with van der Waals surface area (Å²) in [6.45, 7) is 0.324. The van der Waals surface area contributed by atoms with Gasteiger partial charge < -0.3 is 10.3 Å². The van der Waals surface area contributed by atoms with Crippen molar-refractivity contribution in [3.05, 3.63) is 44.3 Å². The number of halogens is 2. The molecule has 0 spiro atoms. The van der Waals surface area contributed by atoms with Crippen molar-refractivity contribution in [2.75, 3.05) is 18.5 Å². The van der Waals surface area contributed by atoms with E-state index in [-0.39, 0.29) is 17.2 Å². The molecule has 3 N–H and O–H groups in total. The molecule has 0 fully saturated rings. The molecular formula is C19H22FIN6O2S. The van der Waals surface area contributed by atoms with Gasteiger partial charge in [0.05, 0.1) is 5.75 Å². The quantitative estimate of drug-likeness (QED) is 0.348. The lowest BCUT2D eigenvalue weighted by Crippen LogP contribution is -2.23. The molecular weight excluding hydrogens is 522 g/mol. The maximum atomic E-state index is 13.8. The van der Waals surface area contributed by atoms with Gasteiger partial charge in [0.15, 0.2) is 17.0 Å². The minimum atomic E-state index is -3.34. The van der Waals surface area contributed by atoms with Gasteiger partial charge in [-0.1, -0.05) is 6.07 Å². The Hall–Kier alpha value is -1.86. The van der Waals surface area contributed by atoms with Gasteiger partial charge in [0.25, 0.3) is 0 Å². The number of hydrogen-bond acceptors (Lipinski definition) is 6. The number of hydrogen-bond donors (Lipinski definition) is 2. The first-order chi connectivity index (χ1) is 14.3. The van der Waals surface area contributed by atoms with Crippen LogP contribution in [0.25, 0.3) is 11.2 Å². The van der Waals surface area contributed by atoms with Gasteiger partial charge in [-0.3, -0.25) is 0 Å². The number of aryl methyl sites for hydroxylation is 3. The molecule has 1 aliphatic carbocycles. The maximum Gasteiger partial charge on any atom is 0.312 e. The first-order valence-corrected chi connectivity index (χ1v) is 12.4. The number of nitrogens with one attached hydrogen (secondary N) is 1. The molecule has 0 atom stereocenters. The van der Waals surface area contributed by atoms with Crippen LogP contribution in [-0.4, -0.2) is 40.7 Å². The topological polar surface area (TPSA) is 116 Å². The zero-order chi connectivity index (χ0) is 21.5. The highest BCUT2D eigenvalue weighted by atomic mass is 127. The number of rotatable bonds is 7. The molecule has 3 aromatic rings. The van der Waals surface area contributed by atoms with Crippen molar-refractivity contribution >= 4 is 49.6 Å². The Kier molecular flexibility index (Phi) is 5.95. The highest BCUT2D eigenvalue weighted by Crippen LogP contribution is 2.29. The first-order valence-electron chi connectivity index (χ1n) is 9.67. The van der Waals surface area contributed by atoms with Crippen LogP contribution in [0.3, 0.4) is 0 Å². The van der Waals surface area contributed by atoms with Crippen molar-refractivity contribution in [3.63, 3.8) is 0 Å². The fourth-order valence-electron chi connectivity index (χ4n) is 3.87. The van der Waals surface area contributed by atoms with E-state index in [0.29, 0.717) is 30.7 Å². The van der Waals surface area contributed by atoms with Gasteiger partial charge in [0, 0.05) is 16.5 Å². The molecule has 4 rings (SSSR count). The van der Waals surface area contributed by atoms with Crippen LogP contribution in [0.4, 0.5) is 10.2 Å². The van der Waals surface area contributed by atoms with E-state index in [9.17, 15) is 12.8 Å². The Morgan fingerprint density at radius 3 is 2.70 bits per heavy atom. The number of fused-ring (bicyclic) bond motifs is 2. The van der Waals surface area contributed by atoms with Crippen LogP contribution in [-0.2, 0) is 35.8 Å². The van der Waals surface area contributed by atoms with Crippen LogP contribution >= 0.6 is 22.6 Å². The van der Waals surface area contributed by atoms with E-state index in [1.165, 1.54) is 24.6 Å². The minimum Gasteiger partial charge on any atom is -0.382 e. The lowest BCUT2D eigenvalue weighted by molar-refractivity contribution is 0.540. The molecule has 0 radical (unpaired) electrons. The van der Waals surface area contributed by atoms with E-state index < -0.39 is 16.1 Å². The monoisotopic (exact) mass is 544 g/mol. The zero-order valence-corrected chi connectivity index (χ0v) is 19.4. The molecule has 30 heavy (non-hydrogen) atoms. The molecule has 1 aliphatic rings. The van der Waals surface area contributed by atoms with Gasteiger partial charge >= 0.3 is 6.08 Å². The highest BCUT2D eigenvalue weighted by molar-refractivity contribution is 14.1. The second-order valence-electron chi connectivity index (χ2n) is 7.35. The van der Waals surface area contributed by atoms with E-state index in [4.69, 9.17) is 5.73 Å². The van der Waals surface area contributed by atoms with Crippen LogP contribution in [0.1, 0.15) is 35.4 Å². The van der Waals surface area contributed by atoms with Crippen LogP contribution in [0.5, 0.6) is 0 Å². The number of imidazole rings is 1. The van der Waals surface area contributed by atoms with E-state index >= 15 is 0 Å². The zero-order valence-electron chi connectivity index (χ0n) is 16.5. The molecule has 11 heteroatoms. The van der Waals surface area contributed by atoms with E-state index in [0.717, 1.165) is 22.0 Å². The van der Waals surface area contributed by atoms with E-state index in [1.54, 1.807) is 4.57 Å². The summed E-state index contributed by atoms with van der Waals surface area (Å²) in [6, 6.07) is 4.44. The molecule has 0 saturated carbocycles. The standard InChI is InChI=1S/C19H22FIN6O2S/c1-23-30(28,29)7-3-6-27-15(24-16-17(22)25-19(20)26-18(16)27)10-13-8-11-4-2-5-12(11)9-14(13)21/h8-9,23H,2-7,10H2,1H3,(H2,22,25,26). The Bertz CT molecular complexity index is 1230. The molecule has 1 aromatic carbocycles. The molecule has 160 valence electrons. The number of nitrogens with two attached hydrogens (primary N) is 1. The molecule has 0 bridgehead atoms. The number of benzene rings is 1. The summed E-state index contributed by atoms with van der Waals surface area (Å²) < 4.78 is 42.6. The Morgan fingerprint density at radius 1 is 1.23 bits per heavy atom. The summed E-state index contributed by atoms with van der Waals surface area (Å²) >= 11 is 2.33. The predicted molar refractivity (Wildman–Crippen MR) is 121 cm³/mol. The molecule has 0 unspecified atom stereocenters. The van der Waals surface area contributed by atoms with Crippen molar-refractivity contribution < 1.29 is 12.8 Å². The summed E-state index contributed by atoms with van der Waals surface area (Å²) in [7, 11) is -1.96. The third-order valence-corrected chi connectivity index (χ3v) is 7.84. The number of sulfonamides is 1. The summed E-state index contributed by atoms with van der Waals surface area (Å²) in [4.78, 5) is 12.1. The van der Waals surface area contributed by atoms with Gasteiger partial charge in [-0.25, -0.2) is 18.1 Å². The van der Waals surface area contributed by atoms with Gasteiger partial charge in [0.2, 0.25) is 10.0 Å². The van der Waals surface area contributed by atoms with Crippen molar-refractivity contribution in [2.45, 2.75) is 38.6 Å². The Balaban J connectivity index is 1.72. The Labute approximate surface area is 187 Å². The number of aromatic nitrogens is 4. The second kappa shape index (κ2) is 8.35. The normalized spacial score (nSPS) is 13.8. The van der Waals surface area contributed by atoms with Crippen molar-refractivity contribution in [2.24, 2.45) is 0 Å². The molecule has 2 heterocycles. The largest absolute Gasteiger partial charge is 0.382 e. The van der Waals surface area contributed by atoms with Crippen molar-refractivity contribution in [1.82, 2.24) is 24.2 Å². The van der Waals surface area contributed by atoms with Gasteiger partial charge in [0.1, 0.15) is 5.82 Å². The third-order valence-electron chi connectivity index (χ3n) is 5.39. The van der Waals surface area contributed by atoms with E-state index in [1.807, 2.05) is 0 Å².